The van der Waals surface area contributed by atoms with Crippen molar-refractivity contribution in [1.29, 1.82) is 0 Å². The van der Waals surface area contributed by atoms with Crippen LogP contribution in [-0.2, 0) is 10.0 Å². The number of halogens is 1. The van der Waals surface area contributed by atoms with Crippen molar-refractivity contribution in [3.05, 3.63) is 0 Å². The third-order valence-electron chi connectivity index (χ3n) is 2.47. The van der Waals surface area contributed by atoms with E-state index in [1.165, 1.54) is 0 Å². The van der Waals surface area contributed by atoms with Gasteiger partial charge in [0.2, 0.25) is 10.0 Å². The minimum absolute atomic E-state index is 0.0237. The van der Waals surface area contributed by atoms with E-state index in [2.05, 4.69) is 4.72 Å². The number of hydrogen-bond acceptors (Lipinski definition) is 2. The molecular formula is C9H18ClNO2S. The van der Waals surface area contributed by atoms with E-state index < -0.39 is 10.0 Å². The molecule has 84 valence electrons. The van der Waals surface area contributed by atoms with Crippen molar-refractivity contribution in [3.8, 4) is 0 Å². The van der Waals surface area contributed by atoms with E-state index in [0.29, 0.717) is 5.88 Å². The lowest BCUT2D eigenvalue weighted by molar-refractivity contribution is 0.542. The first kappa shape index (κ1) is 12.3. The number of rotatable bonds is 5. The summed E-state index contributed by atoms with van der Waals surface area (Å²) in [7, 11) is -3.11. The molecule has 1 unspecified atom stereocenters. The summed E-state index contributed by atoms with van der Waals surface area (Å²) < 4.78 is 25.9. The molecule has 0 bridgehead atoms. The lowest BCUT2D eigenvalue weighted by Gasteiger charge is -2.14. The molecular weight excluding hydrogens is 222 g/mol. The predicted molar refractivity (Wildman–Crippen MR) is 59.1 cm³/mol. The molecule has 14 heavy (non-hydrogen) atoms. The average Bonchev–Trinajstić information content (AvgIpc) is 2.54. The quantitative estimate of drug-likeness (QED) is 0.743. The van der Waals surface area contributed by atoms with E-state index in [1.807, 2.05) is 6.92 Å². The zero-order chi connectivity index (χ0) is 10.6. The van der Waals surface area contributed by atoms with Crippen LogP contribution in [-0.4, -0.2) is 26.1 Å². The first-order valence-electron chi connectivity index (χ1n) is 5.09. The van der Waals surface area contributed by atoms with Crippen LogP contribution in [0, 0.1) is 5.92 Å². The van der Waals surface area contributed by atoms with Gasteiger partial charge in [0.1, 0.15) is 0 Å². The van der Waals surface area contributed by atoms with Gasteiger partial charge in [-0.1, -0.05) is 19.8 Å². The first-order chi connectivity index (χ1) is 6.53. The van der Waals surface area contributed by atoms with Crippen molar-refractivity contribution in [2.24, 2.45) is 5.92 Å². The van der Waals surface area contributed by atoms with E-state index in [0.717, 1.165) is 25.7 Å². The highest BCUT2D eigenvalue weighted by Crippen LogP contribution is 2.18. The Balaban J connectivity index is 2.40. The third-order valence-corrected chi connectivity index (χ3v) is 4.70. The summed E-state index contributed by atoms with van der Waals surface area (Å²) in [6.45, 7) is 1.85. The maximum Gasteiger partial charge on any atom is 0.212 e. The van der Waals surface area contributed by atoms with Crippen LogP contribution in [0.25, 0.3) is 0 Å². The largest absolute Gasteiger partial charge is 0.212 e. The summed E-state index contributed by atoms with van der Waals surface area (Å²) >= 11 is 5.58. The van der Waals surface area contributed by atoms with Crippen molar-refractivity contribution < 1.29 is 8.42 Å². The molecule has 1 rings (SSSR count). The van der Waals surface area contributed by atoms with E-state index in [-0.39, 0.29) is 17.7 Å². The van der Waals surface area contributed by atoms with E-state index in [1.54, 1.807) is 0 Å². The zero-order valence-corrected chi connectivity index (χ0v) is 10.1. The Kier molecular flexibility index (Phi) is 4.67. The standard InChI is InChI=1S/C9H18ClNO2S/c1-8(6-10)7-14(12,13)11-9-4-2-3-5-9/h8-9,11H,2-7H2,1H3. The van der Waals surface area contributed by atoms with Crippen LogP contribution < -0.4 is 4.72 Å². The topological polar surface area (TPSA) is 46.2 Å². The van der Waals surface area contributed by atoms with Gasteiger partial charge in [0.25, 0.3) is 0 Å². The third kappa shape index (κ3) is 4.15. The van der Waals surface area contributed by atoms with Crippen molar-refractivity contribution >= 4 is 21.6 Å². The minimum atomic E-state index is -3.11. The number of sulfonamides is 1. The smallest absolute Gasteiger partial charge is 0.212 e. The summed E-state index contributed by atoms with van der Waals surface area (Å²) in [4.78, 5) is 0. The van der Waals surface area contributed by atoms with Crippen molar-refractivity contribution in [2.45, 2.75) is 38.6 Å². The molecule has 0 heterocycles. The number of nitrogens with one attached hydrogen (secondary N) is 1. The fourth-order valence-electron chi connectivity index (χ4n) is 1.76. The van der Waals surface area contributed by atoms with Crippen LogP contribution in [0.4, 0.5) is 0 Å². The Morgan fingerprint density at radius 2 is 2.00 bits per heavy atom. The highest BCUT2D eigenvalue weighted by Gasteiger charge is 2.22. The van der Waals surface area contributed by atoms with Gasteiger partial charge in [0, 0.05) is 11.9 Å². The first-order valence-corrected chi connectivity index (χ1v) is 7.28. The second-order valence-corrected chi connectivity index (χ2v) is 6.25. The van der Waals surface area contributed by atoms with Crippen LogP contribution in [0.1, 0.15) is 32.6 Å². The molecule has 1 N–H and O–H groups in total. The molecule has 3 nitrogen and oxygen atoms in total. The summed E-state index contributed by atoms with van der Waals surface area (Å²) in [6.07, 6.45) is 4.24. The Morgan fingerprint density at radius 1 is 1.43 bits per heavy atom. The highest BCUT2D eigenvalue weighted by atomic mass is 35.5. The maximum absolute atomic E-state index is 11.6. The molecule has 0 aromatic heterocycles. The molecule has 0 saturated heterocycles. The second kappa shape index (κ2) is 5.33. The van der Waals surface area contributed by atoms with E-state index in [9.17, 15) is 8.42 Å². The van der Waals surface area contributed by atoms with Crippen LogP contribution in [0.15, 0.2) is 0 Å². The van der Waals surface area contributed by atoms with Crippen LogP contribution in [0.2, 0.25) is 0 Å². The van der Waals surface area contributed by atoms with Crippen LogP contribution in [0.3, 0.4) is 0 Å². The Hall–Kier alpha value is 0.200. The Labute approximate surface area is 91.3 Å². The average molecular weight is 240 g/mol. The molecule has 0 aromatic carbocycles. The van der Waals surface area contributed by atoms with Gasteiger partial charge < -0.3 is 0 Å². The monoisotopic (exact) mass is 239 g/mol. The van der Waals surface area contributed by atoms with Crippen molar-refractivity contribution in [1.82, 2.24) is 4.72 Å². The van der Waals surface area contributed by atoms with E-state index >= 15 is 0 Å². The molecule has 5 heteroatoms. The van der Waals surface area contributed by atoms with Gasteiger partial charge >= 0.3 is 0 Å². The molecule has 0 radical (unpaired) electrons. The van der Waals surface area contributed by atoms with Gasteiger partial charge in [0.05, 0.1) is 5.75 Å². The lowest BCUT2D eigenvalue weighted by Crippen LogP contribution is -2.36. The van der Waals surface area contributed by atoms with Gasteiger partial charge in [-0.05, 0) is 18.8 Å². The number of hydrogen-bond donors (Lipinski definition) is 1. The Morgan fingerprint density at radius 3 is 2.50 bits per heavy atom. The summed E-state index contributed by atoms with van der Waals surface area (Å²) in [5, 5.41) is 0. The molecule has 0 spiro atoms. The number of alkyl halides is 1. The molecule has 0 aliphatic heterocycles. The Bertz CT molecular complexity index is 260. The second-order valence-electron chi connectivity index (χ2n) is 4.14. The van der Waals surface area contributed by atoms with Crippen molar-refractivity contribution in [3.63, 3.8) is 0 Å². The normalized spacial score (nSPS) is 21.3. The fourth-order valence-corrected chi connectivity index (χ4v) is 3.71. The molecule has 1 saturated carbocycles. The molecule has 0 amide bonds. The van der Waals surface area contributed by atoms with E-state index in [4.69, 9.17) is 11.6 Å². The van der Waals surface area contributed by atoms with Crippen LogP contribution >= 0.6 is 11.6 Å². The summed E-state index contributed by atoms with van der Waals surface area (Å²) in [6, 6.07) is 0.169. The molecule has 1 fully saturated rings. The van der Waals surface area contributed by atoms with Gasteiger partial charge in [-0.2, -0.15) is 0 Å². The van der Waals surface area contributed by atoms with Gasteiger partial charge in [-0.15, -0.1) is 11.6 Å². The van der Waals surface area contributed by atoms with Crippen molar-refractivity contribution in [2.75, 3.05) is 11.6 Å². The maximum atomic E-state index is 11.6. The molecule has 0 aromatic rings. The SMILES string of the molecule is CC(CCl)CS(=O)(=O)NC1CCCC1. The highest BCUT2D eigenvalue weighted by molar-refractivity contribution is 7.89. The lowest BCUT2D eigenvalue weighted by atomic mass is 10.3. The minimum Gasteiger partial charge on any atom is -0.212 e. The fraction of sp³-hybridized carbons (Fsp3) is 1.00. The predicted octanol–water partition coefficient (Wildman–Crippen LogP) is 1.72. The molecule has 1 aliphatic carbocycles. The summed E-state index contributed by atoms with van der Waals surface area (Å²) in [5.41, 5.74) is 0. The zero-order valence-electron chi connectivity index (χ0n) is 8.50. The molecule has 1 aliphatic rings. The van der Waals surface area contributed by atoms with Gasteiger partial charge in [-0.25, -0.2) is 13.1 Å². The van der Waals surface area contributed by atoms with Gasteiger partial charge in [0.15, 0.2) is 0 Å². The molecule has 1 atom stereocenters. The van der Waals surface area contributed by atoms with Crippen LogP contribution in [0.5, 0.6) is 0 Å². The van der Waals surface area contributed by atoms with Gasteiger partial charge in [-0.3, -0.25) is 0 Å². The summed E-state index contributed by atoms with van der Waals surface area (Å²) in [5.74, 6) is 0.564.